The number of benzene rings is 2. The van der Waals surface area contributed by atoms with Crippen LogP contribution in [0.1, 0.15) is 28.7 Å². The van der Waals surface area contributed by atoms with Crippen LogP contribution in [-0.4, -0.2) is 43.0 Å². The van der Waals surface area contributed by atoms with Gasteiger partial charge in [0.2, 0.25) is 0 Å². The Morgan fingerprint density at radius 2 is 1.69 bits per heavy atom. The Morgan fingerprint density at radius 1 is 1.06 bits per heavy atom. The molecule has 2 aromatic rings. The lowest BCUT2D eigenvalue weighted by atomic mass is 9.84. The topological polar surface area (TPSA) is 53.9 Å². The fraction of sp³-hybridized carbons (Fsp3) is 0.364. The molecule has 0 aliphatic carbocycles. The van der Waals surface area contributed by atoms with Crippen LogP contribution in [0.15, 0.2) is 47.6 Å². The minimum atomic E-state index is -5.13. The summed E-state index contributed by atoms with van der Waals surface area (Å²) in [5.74, 6) is 0. The fourth-order valence-corrected chi connectivity index (χ4v) is 4.28. The zero-order valence-corrected chi connectivity index (χ0v) is 18.7. The van der Waals surface area contributed by atoms with Crippen molar-refractivity contribution >= 4 is 23.3 Å². The van der Waals surface area contributed by atoms with Gasteiger partial charge in [-0.15, -0.1) is 0 Å². The van der Waals surface area contributed by atoms with Gasteiger partial charge in [-0.3, -0.25) is 0 Å². The number of hydrogen-bond acceptors (Lipinski definition) is 3. The first-order valence-electron chi connectivity index (χ1n) is 10.1. The lowest BCUT2D eigenvalue weighted by Gasteiger charge is -2.44. The van der Waals surface area contributed by atoms with Crippen molar-refractivity contribution in [2.24, 2.45) is 5.16 Å². The number of carbonyl (C=O) groups is 1. The average Bonchev–Trinajstić information content (AvgIpc) is 3.22. The third kappa shape index (κ3) is 4.39. The lowest BCUT2D eigenvalue weighted by molar-refractivity contribution is -0.276. The van der Waals surface area contributed by atoms with E-state index in [0.717, 1.165) is 6.07 Å². The summed E-state index contributed by atoms with van der Waals surface area (Å²) in [4.78, 5) is 17.6. The largest absolute Gasteiger partial charge is 0.435 e. The molecule has 4 rings (SSSR count). The molecular formula is C22H17ClF7N3O2. The highest BCUT2D eigenvalue weighted by Gasteiger charge is 2.62. The second-order valence-electron chi connectivity index (χ2n) is 8.31. The number of rotatable bonds is 3. The molecule has 35 heavy (non-hydrogen) atoms. The van der Waals surface area contributed by atoms with E-state index in [0.29, 0.717) is 12.1 Å². The van der Waals surface area contributed by atoms with Gasteiger partial charge in [-0.1, -0.05) is 41.0 Å². The molecule has 1 saturated heterocycles. The highest BCUT2D eigenvalue weighted by Crippen LogP contribution is 2.50. The number of likely N-dealkylation sites (tertiary alicyclic amines) is 1. The van der Waals surface area contributed by atoms with E-state index in [1.807, 2.05) is 0 Å². The van der Waals surface area contributed by atoms with Gasteiger partial charge < -0.3 is 15.1 Å². The summed E-state index contributed by atoms with van der Waals surface area (Å²) in [5, 5.41) is 5.35. The molecule has 188 valence electrons. The molecule has 1 unspecified atom stereocenters. The first-order valence-corrected chi connectivity index (χ1v) is 10.5. The molecule has 2 amide bonds. The maximum Gasteiger partial charge on any atom is 0.435 e. The summed E-state index contributed by atoms with van der Waals surface area (Å²) in [6.45, 7) is -0.382. The first-order chi connectivity index (χ1) is 16.2. The van der Waals surface area contributed by atoms with Gasteiger partial charge in [0, 0.05) is 24.1 Å². The Kier molecular flexibility index (Phi) is 5.94. The zero-order chi connectivity index (χ0) is 25.8. The summed E-state index contributed by atoms with van der Waals surface area (Å²) in [7, 11) is 1.41. The summed E-state index contributed by atoms with van der Waals surface area (Å²) in [6.07, 6.45) is -11.0. The second-order valence-corrected chi connectivity index (χ2v) is 8.75. The van der Waals surface area contributed by atoms with Gasteiger partial charge in [0.15, 0.2) is 5.67 Å². The summed E-state index contributed by atoms with van der Waals surface area (Å²) < 4.78 is 97.0. The Morgan fingerprint density at radius 3 is 2.23 bits per heavy atom. The number of carbonyl (C=O) groups excluding carboxylic acids is 1. The predicted octanol–water partition coefficient (Wildman–Crippen LogP) is 5.76. The average molecular weight is 524 g/mol. The number of amides is 2. The standard InChI is InChI=1S/C22H17ClF7N3O2/c1-31-18(34)33-10-19(24,11-33)13-4-2-12(3-5-13)17-9-20(35-32-17,22(28,29)30)14-6-15(21(25,26)27)8-16(23)7-14/h2-8H,9-11H2,1H3,(H,31,34). The quantitative estimate of drug-likeness (QED) is 0.520. The molecule has 1 N–H and O–H groups in total. The maximum atomic E-state index is 15.0. The summed E-state index contributed by atoms with van der Waals surface area (Å²) >= 11 is 5.69. The number of halogens is 8. The normalized spacial score (nSPS) is 21.7. The number of nitrogens with one attached hydrogen (secondary N) is 1. The van der Waals surface area contributed by atoms with Crippen molar-refractivity contribution in [2.75, 3.05) is 20.1 Å². The summed E-state index contributed by atoms with van der Waals surface area (Å²) in [6, 6.07) is 6.56. The molecule has 0 spiro atoms. The van der Waals surface area contributed by atoms with E-state index in [-0.39, 0.29) is 29.9 Å². The molecule has 2 aromatic carbocycles. The number of alkyl halides is 7. The van der Waals surface area contributed by atoms with Crippen LogP contribution in [0.25, 0.3) is 0 Å². The molecule has 1 fully saturated rings. The molecule has 2 aliphatic rings. The van der Waals surface area contributed by atoms with Crippen LogP contribution in [0.2, 0.25) is 5.02 Å². The predicted molar refractivity (Wildman–Crippen MR) is 112 cm³/mol. The van der Waals surface area contributed by atoms with Gasteiger partial charge in [0.05, 0.1) is 24.4 Å². The Bertz CT molecular complexity index is 1180. The van der Waals surface area contributed by atoms with Gasteiger partial charge in [-0.05, 0) is 29.3 Å². The summed E-state index contributed by atoms with van der Waals surface area (Å²) in [5.41, 5.74) is -7.00. The van der Waals surface area contributed by atoms with E-state index in [1.165, 1.54) is 36.2 Å². The number of nitrogens with zero attached hydrogens (tertiary/aromatic N) is 2. The number of hydrogen-bond donors (Lipinski definition) is 1. The molecule has 13 heteroatoms. The third-order valence-corrected chi connectivity index (χ3v) is 6.22. The van der Waals surface area contributed by atoms with Gasteiger partial charge in [-0.2, -0.15) is 26.3 Å². The monoisotopic (exact) mass is 523 g/mol. The van der Waals surface area contributed by atoms with Gasteiger partial charge >= 0.3 is 18.4 Å². The highest BCUT2D eigenvalue weighted by molar-refractivity contribution is 6.30. The van der Waals surface area contributed by atoms with Crippen LogP contribution in [0.4, 0.5) is 35.5 Å². The molecule has 1 atom stereocenters. The number of urea groups is 1. The van der Waals surface area contributed by atoms with Crippen LogP contribution in [-0.2, 0) is 22.3 Å². The van der Waals surface area contributed by atoms with Crippen molar-refractivity contribution in [1.29, 1.82) is 0 Å². The smallest absolute Gasteiger partial charge is 0.374 e. The van der Waals surface area contributed by atoms with Crippen molar-refractivity contribution in [3.8, 4) is 0 Å². The molecule has 0 aromatic heterocycles. The molecule has 0 radical (unpaired) electrons. The molecule has 2 aliphatic heterocycles. The van der Waals surface area contributed by atoms with E-state index < -0.39 is 52.2 Å². The van der Waals surface area contributed by atoms with E-state index in [2.05, 4.69) is 10.5 Å². The van der Waals surface area contributed by atoms with Crippen molar-refractivity contribution in [3.05, 3.63) is 69.7 Å². The van der Waals surface area contributed by atoms with Crippen molar-refractivity contribution in [1.82, 2.24) is 10.2 Å². The van der Waals surface area contributed by atoms with Crippen molar-refractivity contribution in [3.63, 3.8) is 0 Å². The van der Waals surface area contributed by atoms with Crippen LogP contribution in [0.3, 0.4) is 0 Å². The lowest BCUT2D eigenvalue weighted by Crippen LogP contribution is -2.60. The number of oxime groups is 1. The Balaban J connectivity index is 1.60. The zero-order valence-electron chi connectivity index (χ0n) is 17.9. The SMILES string of the molecule is CNC(=O)N1CC(F)(c2ccc(C3=NOC(c4cc(Cl)cc(C(F)(F)F)c4)(C(F)(F)F)C3)cc2)C1. The molecular weight excluding hydrogens is 507 g/mol. The Labute approximate surface area is 199 Å². The van der Waals surface area contributed by atoms with Gasteiger partial charge in [-0.25, -0.2) is 9.18 Å². The van der Waals surface area contributed by atoms with E-state index in [9.17, 15) is 31.1 Å². The molecule has 0 saturated carbocycles. The molecule has 0 bridgehead atoms. The van der Waals surface area contributed by atoms with E-state index in [4.69, 9.17) is 16.4 Å². The van der Waals surface area contributed by atoms with Crippen LogP contribution in [0.5, 0.6) is 0 Å². The Hall–Kier alpha value is -3.02. The van der Waals surface area contributed by atoms with Crippen molar-refractivity contribution < 1.29 is 40.4 Å². The minimum Gasteiger partial charge on any atom is -0.374 e. The van der Waals surface area contributed by atoms with Crippen LogP contribution in [0, 0.1) is 0 Å². The maximum absolute atomic E-state index is 15.0. The van der Waals surface area contributed by atoms with Gasteiger partial charge in [0.25, 0.3) is 5.60 Å². The molecule has 2 heterocycles. The second kappa shape index (κ2) is 8.28. The van der Waals surface area contributed by atoms with Crippen LogP contribution >= 0.6 is 11.6 Å². The van der Waals surface area contributed by atoms with Crippen molar-refractivity contribution in [2.45, 2.75) is 30.0 Å². The highest BCUT2D eigenvalue weighted by atomic mass is 35.5. The minimum absolute atomic E-state index is 0.170. The first kappa shape index (κ1) is 25.1. The van der Waals surface area contributed by atoms with E-state index >= 15 is 4.39 Å². The van der Waals surface area contributed by atoms with Crippen LogP contribution < -0.4 is 5.32 Å². The molecule has 5 nitrogen and oxygen atoms in total. The third-order valence-electron chi connectivity index (χ3n) is 6.00. The van der Waals surface area contributed by atoms with E-state index in [1.54, 1.807) is 0 Å². The fourth-order valence-electron chi connectivity index (χ4n) is 4.05. The van der Waals surface area contributed by atoms with Gasteiger partial charge in [0.1, 0.15) is 0 Å².